The van der Waals surface area contributed by atoms with Gasteiger partial charge in [0.25, 0.3) is 0 Å². The molecule has 1 fully saturated rings. The lowest BCUT2D eigenvalue weighted by molar-refractivity contribution is 0.280. The third kappa shape index (κ3) is 4.44. The molecule has 1 aliphatic heterocycles. The predicted molar refractivity (Wildman–Crippen MR) is 75.5 cm³/mol. The van der Waals surface area contributed by atoms with Gasteiger partial charge in [-0.3, -0.25) is 9.88 Å². The van der Waals surface area contributed by atoms with Gasteiger partial charge in [0.1, 0.15) is 5.75 Å². The van der Waals surface area contributed by atoms with E-state index in [0.29, 0.717) is 0 Å². The molecule has 1 aromatic heterocycles. The van der Waals surface area contributed by atoms with Crippen LogP contribution in [0.1, 0.15) is 17.8 Å². The van der Waals surface area contributed by atoms with Gasteiger partial charge >= 0.3 is 0 Å². The van der Waals surface area contributed by atoms with Crippen molar-refractivity contribution in [3.05, 3.63) is 23.5 Å². The molecule has 0 atom stereocenters. The Hall–Kier alpha value is -0.840. The van der Waals surface area contributed by atoms with E-state index in [2.05, 4.69) is 15.2 Å². The lowest BCUT2D eigenvalue weighted by Crippen LogP contribution is -2.28. The second-order valence-electron chi connectivity index (χ2n) is 4.52. The lowest BCUT2D eigenvalue weighted by atomic mass is 10.2. The number of nitrogens with one attached hydrogen (secondary N) is 1. The molecule has 0 aliphatic carbocycles. The molecule has 0 aromatic carbocycles. The van der Waals surface area contributed by atoms with Gasteiger partial charge in [0.2, 0.25) is 0 Å². The molecule has 0 radical (unpaired) electrons. The SMILES string of the molecule is COc1cc(C)nc(CN2CCCNCC2)c1.Cl. The Morgan fingerprint density at radius 1 is 1.33 bits per heavy atom. The van der Waals surface area contributed by atoms with Gasteiger partial charge in [0, 0.05) is 37.5 Å². The highest BCUT2D eigenvalue weighted by Crippen LogP contribution is 2.15. The van der Waals surface area contributed by atoms with Gasteiger partial charge in [-0.1, -0.05) is 0 Å². The molecule has 4 nitrogen and oxygen atoms in total. The Balaban J connectivity index is 0.00000162. The van der Waals surface area contributed by atoms with Crippen molar-refractivity contribution in [2.75, 3.05) is 33.3 Å². The summed E-state index contributed by atoms with van der Waals surface area (Å²) >= 11 is 0. The highest BCUT2D eigenvalue weighted by Gasteiger charge is 2.10. The van der Waals surface area contributed by atoms with Gasteiger partial charge in [-0.25, -0.2) is 0 Å². The van der Waals surface area contributed by atoms with Crippen molar-refractivity contribution in [3.63, 3.8) is 0 Å². The Labute approximate surface area is 115 Å². The number of halogens is 1. The van der Waals surface area contributed by atoms with Crippen molar-refractivity contribution in [2.45, 2.75) is 19.9 Å². The summed E-state index contributed by atoms with van der Waals surface area (Å²) in [6, 6.07) is 4.00. The number of hydrogen-bond donors (Lipinski definition) is 1. The average molecular weight is 272 g/mol. The van der Waals surface area contributed by atoms with Crippen LogP contribution < -0.4 is 10.1 Å². The molecular weight excluding hydrogens is 250 g/mol. The van der Waals surface area contributed by atoms with Crippen molar-refractivity contribution in [1.82, 2.24) is 15.2 Å². The minimum Gasteiger partial charge on any atom is -0.497 e. The van der Waals surface area contributed by atoms with E-state index in [-0.39, 0.29) is 12.4 Å². The maximum atomic E-state index is 5.28. The van der Waals surface area contributed by atoms with Crippen LogP contribution in [0.5, 0.6) is 5.75 Å². The number of aryl methyl sites for hydroxylation is 1. The Morgan fingerprint density at radius 2 is 2.17 bits per heavy atom. The topological polar surface area (TPSA) is 37.4 Å². The lowest BCUT2D eigenvalue weighted by Gasteiger charge is -2.19. The zero-order chi connectivity index (χ0) is 12.1. The summed E-state index contributed by atoms with van der Waals surface area (Å²) in [5.74, 6) is 0.903. The van der Waals surface area contributed by atoms with Crippen molar-refractivity contribution in [2.24, 2.45) is 0 Å². The molecule has 0 bridgehead atoms. The molecule has 2 rings (SSSR count). The van der Waals surface area contributed by atoms with E-state index < -0.39 is 0 Å². The standard InChI is InChI=1S/C13H21N3O.ClH/c1-11-8-13(17-2)9-12(15-11)10-16-6-3-4-14-5-7-16;/h8-9,14H,3-7,10H2,1-2H3;1H. The number of hydrogen-bond acceptors (Lipinski definition) is 4. The first kappa shape index (κ1) is 15.2. The number of methoxy groups -OCH3 is 1. The summed E-state index contributed by atoms with van der Waals surface area (Å²) in [5.41, 5.74) is 2.12. The molecule has 102 valence electrons. The fourth-order valence-electron chi connectivity index (χ4n) is 2.19. The van der Waals surface area contributed by atoms with E-state index in [0.717, 1.165) is 49.9 Å². The Bertz CT molecular complexity index is 365. The molecule has 0 unspecified atom stereocenters. The predicted octanol–water partition coefficient (Wildman–Crippen LogP) is 1.62. The second-order valence-corrected chi connectivity index (χ2v) is 4.52. The van der Waals surface area contributed by atoms with Crippen LogP contribution in [-0.2, 0) is 6.54 Å². The molecule has 5 heteroatoms. The van der Waals surface area contributed by atoms with Crippen molar-refractivity contribution >= 4 is 12.4 Å². The minimum atomic E-state index is 0. The van der Waals surface area contributed by atoms with Crippen LogP contribution in [0.3, 0.4) is 0 Å². The first-order valence-corrected chi connectivity index (χ1v) is 6.22. The van der Waals surface area contributed by atoms with Gasteiger partial charge in [0.15, 0.2) is 0 Å². The van der Waals surface area contributed by atoms with Crippen LogP contribution in [0.15, 0.2) is 12.1 Å². The van der Waals surface area contributed by atoms with Crippen molar-refractivity contribution < 1.29 is 4.74 Å². The van der Waals surface area contributed by atoms with E-state index >= 15 is 0 Å². The van der Waals surface area contributed by atoms with E-state index in [9.17, 15) is 0 Å². The molecule has 0 amide bonds. The van der Waals surface area contributed by atoms with Crippen LogP contribution in [0, 0.1) is 6.92 Å². The smallest absolute Gasteiger partial charge is 0.122 e. The fraction of sp³-hybridized carbons (Fsp3) is 0.615. The molecule has 1 aromatic rings. The molecule has 1 N–H and O–H groups in total. The molecule has 18 heavy (non-hydrogen) atoms. The summed E-state index contributed by atoms with van der Waals surface area (Å²) in [5, 5.41) is 3.41. The summed E-state index contributed by atoms with van der Waals surface area (Å²) in [6.07, 6.45) is 1.21. The fourth-order valence-corrected chi connectivity index (χ4v) is 2.19. The van der Waals surface area contributed by atoms with Crippen LogP contribution in [0.25, 0.3) is 0 Å². The second kappa shape index (κ2) is 7.56. The number of pyridine rings is 1. The first-order chi connectivity index (χ1) is 8.28. The van der Waals surface area contributed by atoms with Gasteiger partial charge in [-0.15, -0.1) is 12.4 Å². The summed E-state index contributed by atoms with van der Waals surface area (Å²) in [4.78, 5) is 7.01. The molecule has 2 heterocycles. The molecule has 1 saturated heterocycles. The Kier molecular flexibility index (Phi) is 6.39. The quantitative estimate of drug-likeness (QED) is 0.907. The number of rotatable bonds is 3. The van der Waals surface area contributed by atoms with E-state index in [1.165, 1.54) is 6.42 Å². The average Bonchev–Trinajstić information content (AvgIpc) is 2.57. The van der Waals surface area contributed by atoms with Crippen LogP contribution in [0.4, 0.5) is 0 Å². The van der Waals surface area contributed by atoms with Crippen molar-refractivity contribution in [1.29, 1.82) is 0 Å². The van der Waals surface area contributed by atoms with Crippen LogP contribution >= 0.6 is 12.4 Å². The van der Waals surface area contributed by atoms with Crippen LogP contribution in [0.2, 0.25) is 0 Å². The van der Waals surface area contributed by atoms with Gasteiger partial charge < -0.3 is 10.1 Å². The summed E-state index contributed by atoms with van der Waals surface area (Å²) in [6.45, 7) is 7.36. The largest absolute Gasteiger partial charge is 0.497 e. The number of nitrogens with zero attached hydrogens (tertiary/aromatic N) is 2. The first-order valence-electron chi connectivity index (χ1n) is 6.22. The normalized spacial score (nSPS) is 16.8. The van der Waals surface area contributed by atoms with Gasteiger partial charge in [-0.2, -0.15) is 0 Å². The van der Waals surface area contributed by atoms with E-state index in [1.54, 1.807) is 7.11 Å². The molecule has 0 saturated carbocycles. The van der Waals surface area contributed by atoms with E-state index in [1.807, 2.05) is 19.1 Å². The van der Waals surface area contributed by atoms with Gasteiger partial charge in [-0.05, 0) is 26.4 Å². The molecule has 0 spiro atoms. The Morgan fingerprint density at radius 3 is 2.94 bits per heavy atom. The monoisotopic (exact) mass is 271 g/mol. The summed E-state index contributed by atoms with van der Waals surface area (Å²) in [7, 11) is 1.70. The summed E-state index contributed by atoms with van der Waals surface area (Å²) < 4.78 is 5.28. The maximum absolute atomic E-state index is 5.28. The van der Waals surface area contributed by atoms with E-state index in [4.69, 9.17) is 4.74 Å². The zero-order valence-electron chi connectivity index (χ0n) is 11.1. The third-order valence-corrected chi connectivity index (χ3v) is 3.03. The highest BCUT2D eigenvalue weighted by atomic mass is 35.5. The minimum absolute atomic E-state index is 0. The van der Waals surface area contributed by atoms with Gasteiger partial charge in [0.05, 0.1) is 12.8 Å². The zero-order valence-corrected chi connectivity index (χ0v) is 11.9. The molecular formula is C13H22ClN3O. The molecule has 1 aliphatic rings. The van der Waals surface area contributed by atoms with Crippen LogP contribution in [-0.4, -0.2) is 43.2 Å². The highest BCUT2D eigenvalue weighted by molar-refractivity contribution is 5.85. The number of ether oxygens (including phenoxy) is 1. The number of aromatic nitrogens is 1. The maximum Gasteiger partial charge on any atom is 0.122 e. The third-order valence-electron chi connectivity index (χ3n) is 3.03. The van der Waals surface area contributed by atoms with Crippen molar-refractivity contribution in [3.8, 4) is 5.75 Å².